The van der Waals surface area contributed by atoms with E-state index in [0.29, 0.717) is 19.1 Å². The highest BCUT2D eigenvalue weighted by molar-refractivity contribution is 5.77. The Morgan fingerprint density at radius 3 is 2.93 bits per heavy atom. The first-order valence-electron chi connectivity index (χ1n) is 5.91. The molecule has 0 bridgehead atoms. The van der Waals surface area contributed by atoms with E-state index >= 15 is 0 Å². The van der Waals surface area contributed by atoms with E-state index in [2.05, 4.69) is 15.5 Å². The number of hydrogen-bond donors (Lipinski definition) is 2. The van der Waals surface area contributed by atoms with E-state index in [0.717, 1.165) is 13.1 Å². The molecule has 1 unspecified atom stereocenters. The van der Waals surface area contributed by atoms with Crippen molar-refractivity contribution in [1.29, 1.82) is 0 Å². The Kier molecular flexibility index (Phi) is 5.65. The molecular weight excluding hydrogens is 190 g/mol. The number of piperidine rings is 1. The van der Waals surface area contributed by atoms with Crippen molar-refractivity contribution in [3.63, 3.8) is 0 Å². The van der Waals surface area contributed by atoms with E-state index in [1.807, 2.05) is 14.0 Å². The van der Waals surface area contributed by atoms with Gasteiger partial charge in [-0.2, -0.15) is 0 Å². The fourth-order valence-corrected chi connectivity index (χ4v) is 2.02. The third-order valence-corrected chi connectivity index (χ3v) is 2.73. The number of amides is 1. The molecule has 1 fully saturated rings. The average molecular weight is 213 g/mol. The first-order valence-corrected chi connectivity index (χ1v) is 5.91. The number of nitrogens with one attached hydrogen (secondary N) is 2. The number of carbonyl (C=O) groups is 1. The molecule has 1 aliphatic rings. The number of carbonyl (C=O) groups excluding carboxylic acids is 1. The molecule has 1 saturated heterocycles. The summed E-state index contributed by atoms with van der Waals surface area (Å²) >= 11 is 0. The maximum atomic E-state index is 11.3. The van der Waals surface area contributed by atoms with Gasteiger partial charge in [-0.3, -0.25) is 9.69 Å². The van der Waals surface area contributed by atoms with Gasteiger partial charge in [0.1, 0.15) is 0 Å². The monoisotopic (exact) mass is 213 g/mol. The molecule has 0 aliphatic carbocycles. The lowest BCUT2D eigenvalue weighted by molar-refractivity contribution is -0.121. The molecule has 4 nitrogen and oxygen atoms in total. The van der Waals surface area contributed by atoms with Gasteiger partial charge in [0.15, 0.2) is 0 Å². The Morgan fingerprint density at radius 2 is 2.33 bits per heavy atom. The Balaban J connectivity index is 2.16. The van der Waals surface area contributed by atoms with Crippen molar-refractivity contribution in [2.45, 2.75) is 32.2 Å². The highest BCUT2D eigenvalue weighted by Crippen LogP contribution is 2.07. The van der Waals surface area contributed by atoms with E-state index in [4.69, 9.17) is 0 Å². The second-order valence-electron chi connectivity index (χ2n) is 4.30. The molecular formula is C11H23N3O. The zero-order valence-electron chi connectivity index (χ0n) is 9.88. The molecule has 1 amide bonds. The Bertz CT molecular complexity index is 190. The minimum atomic E-state index is 0.121. The first kappa shape index (κ1) is 12.5. The van der Waals surface area contributed by atoms with E-state index < -0.39 is 0 Å². The first-order chi connectivity index (χ1) is 7.22. The quantitative estimate of drug-likeness (QED) is 0.685. The van der Waals surface area contributed by atoms with Crippen LogP contribution in [0.2, 0.25) is 0 Å². The standard InChI is InChI=1S/C11H23N3O/c1-3-12-11(15)9-14(2)8-10-6-4-5-7-13-10/h10,13H,3-9H2,1-2H3,(H,12,15). The third kappa shape index (κ3) is 5.14. The molecule has 1 heterocycles. The molecule has 1 rings (SSSR count). The van der Waals surface area contributed by atoms with Crippen LogP contribution in [0.5, 0.6) is 0 Å². The minimum absolute atomic E-state index is 0.121. The van der Waals surface area contributed by atoms with Crippen molar-refractivity contribution in [3.05, 3.63) is 0 Å². The summed E-state index contributed by atoms with van der Waals surface area (Å²) in [6, 6.07) is 0.568. The van der Waals surface area contributed by atoms with Crippen molar-refractivity contribution >= 4 is 5.91 Å². The molecule has 1 atom stereocenters. The number of rotatable bonds is 5. The third-order valence-electron chi connectivity index (χ3n) is 2.73. The topological polar surface area (TPSA) is 44.4 Å². The molecule has 0 spiro atoms. The van der Waals surface area contributed by atoms with Crippen LogP contribution >= 0.6 is 0 Å². The Hall–Kier alpha value is -0.610. The van der Waals surface area contributed by atoms with Gasteiger partial charge < -0.3 is 10.6 Å². The molecule has 88 valence electrons. The van der Waals surface area contributed by atoms with E-state index in [9.17, 15) is 4.79 Å². The lowest BCUT2D eigenvalue weighted by atomic mass is 10.0. The highest BCUT2D eigenvalue weighted by atomic mass is 16.1. The van der Waals surface area contributed by atoms with Gasteiger partial charge in [0.25, 0.3) is 0 Å². The molecule has 0 radical (unpaired) electrons. The number of hydrogen-bond acceptors (Lipinski definition) is 3. The van der Waals surface area contributed by atoms with Crippen LogP contribution in [-0.4, -0.2) is 50.1 Å². The zero-order chi connectivity index (χ0) is 11.1. The lowest BCUT2D eigenvalue weighted by Gasteiger charge is -2.27. The molecule has 1 aliphatic heterocycles. The molecule has 0 saturated carbocycles. The lowest BCUT2D eigenvalue weighted by Crippen LogP contribution is -2.45. The Morgan fingerprint density at radius 1 is 1.53 bits per heavy atom. The van der Waals surface area contributed by atoms with Crippen molar-refractivity contribution in [1.82, 2.24) is 15.5 Å². The molecule has 2 N–H and O–H groups in total. The van der Waals surface area contributed by atoms with Crippen molar-refractivity contribution in [2.24, 2.45) is 0 Å². The van der Waals surface area contributed by atoms with Gasteiger partial charge in [-0.05, 0) is 33.4 Å². The van der Waals surface area contributed by atoms with Crippen molar-refractivity contribution in [3.8, 4) is 0 Å². The van der Waals surface area contributed by atoms with Crippen LogP contribution in [0.25, 0.3) is 0 Å². The molecule has 0 aromatic heterocycles. The van der Waals surface area contributed by atoms with Gasteiger partial charge in [-0.15, -0.1) is 0 Å². The van der Waals surface area contributed by atoms with Gasteiger partial charge in [0, 0.05) is 19.1 Å². The highest BCUT2D eigenvalue weighted by Gasteiger charge is 2.15. The van der Waals surface area contributed by atoms with E-state index in [1.54, 1.807) is 0 Å². The molecule has 4 heteroatoms. The fraction of sp³-hybridized carbons (Fsp3) is 0.909. The smallest absolute Gasteiger partial charge is 0.234 e. The van der Waals surface area contributed by atoms with Crippen LogP contribution in [0.15, 0.2) is 0 Å². The van der Waals surface area contributed by atoms with Crippen LogP contribution in [-0.2, 0) is 4.79 Å². The zero-order valence-corrected chi connectivity index (χ0v) is 9.88. The van der Waals surface area contributed by atoms with E-state index in [-0.39, 0.29) is 5.91 Å². The predicted octanol–water partition coefficient (Wildman–Crippen LogP) is 0.196. The van der Waals surface area contributed by atoms with Crippen LogP contribution in [0, 0.1) is 0 Å². The van der Waals surface area contributed by atoms with Crippen LogP contribution in [0.1, 0.15) is 26.2 Å². The predicted molar refractivity (Wildman–Crippen MR) is 61.8 cm³/mol. The average Bonchev–Trinajstić information content (AvgIpc) is 2.19. The van der Waals surface area contributed by atoms with Gasteiger partial charge in [-0.1, -0.05) is 6.42 Å². The Labute approximate surface area is 92.4 Å². The van der Waals surface area contributed by atoms with Crippen LogP contribution in [0.4, 0.5) is 0 Å². The molecule has 0 aromatic rings. The van der Waals surface area contributed by atoms with Gasteiger partial charge >= 0.3 is 0 Å². The van der Waals surface area contributed by atoms with Crippen molar-refractivity contribution in [2.75, 3.05) is 33.2 Å². The number of nitrogens with zero attached hydrogens (tertiary/aromatic N) is 1. The molecule has 0 aromatic carbocycles. The van der Waals surface area contributed by atoms with Gasteiger partial charge in [0.2, 0.25) is 5.91 Å². The summed E-state index contributed by atoms with van der Waals surface area (Å²) in [6.45, 7) is 5.26. The summed E-state index contributed by atoms with van der Waals surface area (Å²) in [5.41, 5.74) is 0. The maximum absolute atomic E-state index is 11.3. The van der Waals surface area contributed by atoms with Gasteiger partial charge in [-0.25, -0.2) is 0 Å². The summed E-state index contributed by atoms with van der Waals surface area (Å²) < 4.78 is 0. The van der Waals surface area contributed by atoms with Crippen LogP contribution in [0.3, 0.4) is 0 Å². The SMILES string of the molecule is CCNC(=O)CN(C)CC1CCCCN1. The van der Waals surface area contributed by atoms with E-state index in [1.165, 1.54) is 19.3 Å². The minimum Gasteiger partial charge on any atom is -0.355 e. The number of likely N-dealkylation sites (N-methyl/N-ethyl adjacent to an activating group) is 2. The molecule has 15 heavy (non-hydrogen) atoms. The summed E-state index contributed by atoms with van der Waals surface area (Å²) in [6.07, 6.45) is 3.84. The van der Waals surface area contributed by atoms with Crippen molar-refractivity contribution < 1.29 is 4.79 Å². The second-order valence-corrected chi connectivity index (χ2v) is 4.30. The normalized spacial score (nSPS) is 21.7. The summed E-state index contributed by atoms with van der Waals surface area (Å²) in [5, 5.41) is 6.29. The summed E-state index contributed by atoms with van der Waals surface area (Å²) in [5.74, 6) is 0.121. The summed E-state index contributed by atoms with van der Waals surface area (Å²) in [4.78, 5) is 13.4. The fourth-order valence-electron chi connectivity index (χ4n) is 2.02. The maximum Gasteiger partial charge on any atom is 0.234 e. The van der Waals surface area contributed by atoms with Gasteiger partial charge in [0.05, 0.1) is 6.54 Å². The second kappa shape index (κ2) is 6.80. The summed E-state index contributed by atoms with van der Waals surface area (Å²) in [7, 11) is 2.01. The van der Waals surface area contributed by atoms with Crippen LogP contribution < -0.4 is 10.6 Å². The largest absolute Gasteiger partial charge is 0.355 e.